The lowest BCUT2D eigenvalue weighted by atomic mass is 9.78. The van der Waals surface area contributed by atoms with Gasteiger partial charge in [-0.2, -0.15) is 0 Å². The number of halogens is 1. The smallest absolute Gasteiger partial charge is 0.161 e. The van der Waals surface area contributed by atoms with Crippen molar-refractivity contribution < 1.29 is 14.9 Å². The van der Waals surface area contributed by atoms with Gasteiger partial charge in [-0.3, -0.25) is 0 Å². The van der Waals surface area contributed by atoms with Crippen LogP contribution in [-0.4, -0.2) is 22.9 Å². The first-order valence-electron chi connectivity index (χ1n) is 7.71. The van der Waals surface area contributed by atoms with Gasteiger partial charge in [-0.15, -0.1) is 12.4 Å². The Labute approximate surface area is 141 Å². The number of phenolic OH excluding ortho intramolecular Hbond substituents is 2. The molecule has 2 aromatic rings. The van der Waals surface area contributed by atoms with Gasteiger partial charge < -0.3 is 20.3 Å². The molecule has 0 amide bonds. The molecule has 3 N–H and O–H groups in total. The molecule has 2 heterocycles. The molecule has 0 spiro atoms. The highest BCUT2D eigenvalue weighted by Gasteiger charge is 2.37. The third-order valence-corrected chi connectivity index (χ3v) is 4.77. The van der Waals surface area contributed by atoms with Gasteiger partial charge >= 0.3 is 0 Å². The number of rotatable bonds is 1. The van der Waals surface area contributed by atoms with Crippen LogP contribution in [-0.2, 0) is 13.0 Å². The van der Waals surface area contributed by atoms with Gasteiger partial charge in [0.05, 0.1) is 6.04 Å². The zero-order chi connectivity index (χ0) is 15.3. The van der Waals surface area contributed by atoms with Crippen LogP contribution in [0.25, 0.3) is 0 Å². The van der Waals surface area contributed by atoms with Crippen molar-refractivity contribution >= 4 is 12.4 Å². The number of benzene rings is 2. The predicted molar refractivity (Wildman–Crippen MR) is 90.8 cm³/mol. The van der Waals surface area contributed by atoms with Crippen LogP contribution in [0.2, 0.25) is 0 Å². The summed E-state index contributed by atoms with van der Waals surface area (Å²) in [5.74, 6) is 0.573. The number of nitrogens with one attached hydrogen (secondary N) is 1. The predicted octanol–water partition coefficient (Wildman–Crippen LogP) is 3.08. The summed E-state index contributed by atoms with van der Waals surface area (Å²) >= 11 is 0. The van der Waals surface area contributed by atoms with E-state index < -0.39 is 0 Å². The molecule has 4 rings (SSSR count). The normalized spacial score (nSPS) is 21.3. The van der Waals surface area contributed by atoms with Crippen molar-refractivity contribution in [2.75, 3.05) is 6.61 Å². The molecule has 0 aromatic heterocycles. The van der Waals surface area contributed by atoms with Gasteiger partial charge in [-0.25, -0.2) is 0 Å². The van der Waals surface area contributed by atoms with E-state index >= 15 is 0 Å². The van der Waals surface area contributed by atoms with Crippen molar-refractivity contribution in [1.82, 2.24) is 5.32 Å². The Morgan fingerprint density at radius 1 is 1.13 bits per heavy atom. The molecule has 2 atom stereocenters. The van der Waals surface area contributed by atoms with Gasteiger partial charge in [-0.05, 0) is 29.2 Å². The lowest BCUT2D eigenvalue weighted by Gasteiger charge is -2.39. The maximum Gasteiger partial charge on any atom is 0.161 e. The minimum atomic E-state index is -0.136. The van der Waals surface area contributed by atoms with Gasteiger partial charge in [0.25, 0.3) is 0 Å². The number of ether oxygens (including phenoxy) is 1. The minimum absolute atomic E-state index is 0. The van der Waals surface area contributed by atoms with Crippen LogP contribution in [0.1, 0.15) is 35.1 Å². The van der Waals surface area contributed by atoms with E-state index in [-0.39, 0.29) is 35.9 Å². The second-order valence-corrected chi connectivity index (χ2v) is 6.04. The fourth-order valence-electron chi connectivity index (χ4n) is 3.55. The van der Waals surface area contributed by atoms with Gasteiger partial charge in [0.15, 0.2) is 11.5 Å². The molecule has 2 aliphatic heterocycles. The molecule has 0 saturated heterocycles. The van der Waals surface area contributed by atoms with Gasteiger partial charge in [0.2, 0.25) is 0 Å². The third-order valence-electron chi connectivity index (χ3n) is 4.77. The number of fused-ring (bicyclic) bond motifs is 5. The van der Waals surface area contributed by atoms with Crippen molar-refractivity contribution in [3.8, 4) is 17.2 Å². The first-order chi connectivity index (χ1) is 10.7. The van der Waals surface area contributed by atoms with Crippen molar-refractivity contribution in [2.45, 2.75) is 31.8 Å². The van der Waals surface area contributed by atoms with E-state index in [0.29, 0.717) is 12.4 Å². The molecule has 122 valence electrons. The largest absolute Gasteiger partial charge is 0.504 e. The quantitative estimate of drug-likeness (QED) is 0.702. The first-order valence-corrected chi connectivity index (χ1v) is 7.71. The Morgan fingerprint density at radius 3 is 2.70 bits per heavy atom. The minimum Gasteiger partial charge on any atom is -0.504 e. The molecule has 0 aliphatic carbocycles. The highest BCUT2D eigenvalue weighted by Crippen LogP contribution is 2.45. The number of aromatic hydroxyl groups is 2. The van der Waals surface area contributed by atoms with E-state index in [1.165, 1.54) is 22.8 Å². The van der Waals surface area contributed by atoms with Crippen molar-refractivity contribution in [3.05, 3.63) is 52.6 Å². The summed E-state index contributed by atoms with van der Waals surface area (Å²) in [6.45, 7) is 3.56. The molecule has 0 radical (unpaired) electrons. The molecule has 0 saturated carbocycles. The summed E-state index contributed by atoms with van der Waals surface area (Å²) in [6.07, 6.45) is 1.00. The molecule has 5 heteroatoms. The van der Waals surface area contributed by atoms with Gasteiger partial charge in [0.1, 0.15) is 12.4 Å². The molecular weight excluding hydrogens is 314 g/mol. The molecule has 2 aliphatic rings. The van der Waals surface area contributed by atoms with Crippen molar-refractivity contribution in [3.63, 3.8) is 0 Å². The maximum absolute atomic E-state index is 9.89. The zero-order valence-corrected chi connectivity index (χ0v) is 13.7. The average molecular weight is 334 g/mol. The second kappa shape index (κ2) is 5.95. The van der Waals surface area contributed by atoms with E-state index in [1.54, 1.807) is 6.07 Å². The Hall–Kier alpha value is -1.91. The van der Waals surface area contributed by atoms with E-state index in [0.717, 1.165) is 18.5 Å². The number of hydrogen-bond donors (Lipinski definition) is 3. The van der Waals surface area contributed by atoms with E-state index in [1.807, 2.05) is 0 Å². The van der Waals surface area contributed by atoms with E-state index in [4.69, 9.17) is 4.74 Å². The van der Waals surface area contributed by atoms with E-state index in [9.17, 15) is 10.2 Å². The van der Waals surface area contributed by atoms with Crippen LogP contribution in [0.15, 0.2) is 30.3 Å². The molecular formula is C18H20ClNO3. The fraction of sp³-hybridized carbons (Fsp3) is 0.333. The lowest BCUT2D eigenvalue weighted by Crippen LogP contribution is -2.46. The van der Waals surface area contributed by atoms with Gasteiger partial charge in [0, 0.05) is 24.1 Å². The van der Waals surface area contributed by atoms with Crippen LogP contribution >= 0.6 is 12.4 Å². The summed E-state index contributed by atoms with van der Waals surface area (Å²) in [6, 6.07) is 9.97. The third kappa shape index (κ3) is 2.52. The van der Waals surface area contributed by atoms with Crippen LogP contribution < -0.4 is 10.1 Å². The summed E-state index contributed by atoms with van der Waals surface area (Å²) < 4.78 is 5.77. The van der Waals surface area contributed by atoms with Crippen molar-refractivity contribution in [2.24, 2.45) is 0 Å². The number of aryl methyl sites for hydroxylation is 1. The molecule has 0 bridgehead atoms. The Balaban J connectivity index is 0.00000156. The van der Waals surface area contributed by atoms with Crippen LogP contribution in [0.4, 0.5) is 0 Å². The summed E-state index contributed by atoms with van der Waals surface area (Å²) in [5, 5.41) is 23.1. The van der Waals surface area contributed by atoms with Crippen LogP contribution in [0, 0.1) is 0 Å². The lowest BCUT2D eigenvalue weighted by molar-refractivity contribution is 0.214. The Morgan fingerprint density at radius 2 is 1.91 bits per heavy atom. The molecule has 0 unspecified atom stereocenters. The summed E-state index contributed by atoms with van der Waals surface area (Å²) in [4.78, 5) is 0. The topological polar surface area (TPSA) is 61.7 Å². The Kier molecular flexibility index (Phi) is 4.13. The average Bonchev–Trinajstić information content (AvgIpc) is 2.55. The number of phenols is 2. The molecule has 23 heavy (non-hydrogen) atoms. The monoisotopic (exact) mass is 333 g/mol. The van der Waals surface area contributed by atoms with Crippen LogP contribution in [0.5, 0.6) is 17.2 Å². The standard InChI is InChI=1S/C18H19NO3.ClH/c1-2-10-3-4-11-8-19-14-9-22-17-7-16(21)15(20)6-13(17)18(14)12(11)5-10;/h3-7,14,18-21H,2,8-9H2,1H3;1H/t14-,18-;/m1./s1. The highest BCUT2D eigenvalue weighted by molar-refractivity contribution is 5.85. The zero-order valence-electron chi connectivity index (χ0n) is 12.9. The SMILES string of the molecule is CCc1ccc2c(c1)[C@@H]1c3cc(O)c(O)cc3OC[C@H]1NC2.Cl. The maximum atomic E-state index is 9.89. The van der Waals surface area contributed by atoms with Gasteiger partial charge in [-0.1, -0.05) is 25.1 Å². The summed E-state index contributed by atoms with van der Waals surface area (Å²) in [7, 11) is 0. The van der Waals surface area contributed by atoms with Crippen LogP contribution in [0.3, 0.4) is 0 Å². The second-order valence-electron chi connectivity index (χ2n) is 6.04. The highest BCUT2D eigenvalue weighted by atomic mass is 35.5. The van der Waals surface area contributed by atoms with E-state index in [2.05, 4.69) is 30.4 Å². The first kappa shape index (κ1) is 16.0. The fourth-order valence-corrected chi connectivity index (χ4v) is 3.55. The molecule has 0 fully saturated rings. The molecule has 2 aromatic carbocycles. The number of hydrogen-bond acceptors (Lipinski definition) is 4. The Bertz CT molecular complexity index is 747. The molecule has 4 nitrogen and oxygen atoms in total. The summed E-state index contributed by atoms with van der Waals surface area (Å²) in [5.41, 5.74) is 4.85. The van der Waals surface area contributed by atoms with Crippen molar-refractivity contribution in [1.29, 1.82) is 0 Å².